The summed E-state index contributed by atoms with van der Waals surface area (Å²) in [6.45, 7) is 4.75. The normalized spacial score (nSPS) is 10.6. The fourth-order valence-electron chi connectivity index (χ4n) is 2.89. The lowest BCUT2D eigenvalue weighted by Crippen LogP contribution is -2.29. The number of amides is 1. The zero-order valence-corrected chi connectivity index (χ0v) is 15.6. The second-order valence-electron chi connectivity index (χ2n) is 6.25. The number of hydrogen-bond donors (Lipinski definition) is 0. The van der Waals surface area contributed by atoms with Crippen molar-refractivity contribution in [1.82, 2.24) is 0 Å². The Balaban J connectivity index is 1.89. The molecule has 0 radical (unpaired) electrons. The van der Waals surface area contributed by atoms with E-state index in [4.69, 9.17) is 0 Å². The minimum atomic E-state index is 0.182. The van der Waals surface area contributed by atoms with Crippen LogP contribution in [0.1, 0.15) is 30.9 Å². The van der Waals surface area contributed by atoms with Gasteiger partial charge >= 0.3 is 0 Å². The molecule has 0 atom stereocenters. The molecule has 3 aromatic rings. The van der Waals surface area contributed by atoms with E-state index in [2.05, 4.69) is 54.8 Å². The molecule has 2 nitrogen and oxygen atoms in total. The van der Waals surface area contributed by atoms with Crippen LogP contribution in [-0.4, -0.2) is 5.91 Å². The Morgan fingerprint density at radius 1 is 1.04 bits per heavy atom. The molecule has 128 valence electrons. The van der Waals surface area contributed by atoms with Gasteiger partial charge in [-0.2, -0.15) is 0 Å². The molecular weight excluding hydrogens is 326 g/mol. The third kappa shape index (κ3) is 4.37. The average Bonchev–Trinajstić information content (AvgIpc) is 3.10. The Morgan fingerprint density at radius 2 is 1.84 bits per heavy atom. The summed E-state index contributed by atoms with van der Waals surface area (Å²) in [6, 6.07) is 20.8. The van der Waals surface area contributed by atoms with Crippen molar-refractivity contribution in [3.8, 4) is 10.4 Å². The molecule has 1 heterocycles. The summed E-state index contributed by atoms with van der Waals surface area (Å²) < 4.78 is 0. The van der Waals surface area contributed by atoms with Crippen molar-refractivity contribution in [2.75, 3.05) is 4.90 Å². The number of nitrogens with zero attached hydrogens (tertiary/aromatic N) is 1. The molecule has 0 unspecified atom stereocenters. The molecule has 0 N–H and O–H groups in total. The molecule has 0 aliphatic heterocycles. The first-order valence-electron chi connectivity index (χ1n) is 8.67. The van der Waals surface area contributed by atoms with Crippen LogP contribution in [0.2, 0.25) is 0 Å². The van der Waals surface area contributed by atoms with Gasteiger partial charge in [-0.05, 0) is 30.5 Å². The largest absolute Gasteiger partial charge is 0.307 e. The van der Waals surface area contributed by atoms with E-state index in [0.717, 1.165) is 17.7 Å². The fraction of sp³-hybridized carbons (Fsp3) is 0.227. The minimum Gasteiger partial charge on any atom is -0.307 e. The number of thiophene rings is 1. The molecule has 0 spiro atoms. The van der Waals surface area contributed by atoms with Gasteiger partial charge in [-0.15, -0.1) is 11.3 Å². The molecule has 3 rings (SSSR count). The van der Waals surface area contributed by atoms with E-state index in [-0.39, 0.29) is 5.91 Å². The van der Waals surface area contributed by atoms with Gasteiger partial charge in [0.1, 0.15) is 0 Å². The van der Waals surface area contributed by atoms with Gasteiger partial charge in [-0.25, -0.2) is 0 Å². The van der Waals surface area contributed by atoms with Crippen LogP contribution in [0.3, 0.4) is 0 Å². The molecular formula is C22H23NOS. The monoisotopic (exact) mass is 349 g/mol. The maximum atomic E-state index is 12.7. The topological polar surface area (TPSA) is 20.3 Å². The lowest BCUT2D eigenvalue weighted by Gasteiger charge is -2.22. The molecule has 0 aliphatic rings. The van der Waals surface area contributed by atoms with Crippen LogP contribution in [0.5, 0.6) is 0 Å². The lowest BCUT2D eigenvalue weighted by atomic mass is 10.1. The first-order valence-corrected chi connectivity index (χ1v) is 9.55. The van der Waals surface area contributed by atoms with Crippen molar-refractivity contribution < 1.29 is 4.79 Å². The highest BCUT2D eigenvalue weighted by atomic mass is 32.1. The Hall–Kier alpha value is -2.39. The van der Waals surface area contributed by atoms with Gasteiger partial charge in [-0.3, -0.25) is 4.79 Å². The Bertz CT molecular complexity index is 838. The Morgan fingerprint density at radius 3 is 2.56 bits per heavy atom. The van der Waals surface area contributed by atoms with E-state index in [9.17, 15) is 4.79 Å². The number of rotatable bonds is 6. The molecule has 25 heavy (non-hydrogen) atoms. The number of benzene rings is 2. The molecule has 3 heteroatoms. The number of anilines is 1. The highest BCUT2D eigenvalue weighted by molar-refractivity contribution is 7.14. The second kappa shape index (κ2) is 8.13. The zero-order valence-electron chi connectivity index (χ0n) is 14.7. The SMILES string of the molecule is CCCC(=O)N(Cc1cccc(C)c1)c1csc(-c2ccccc2)c1. The van der Waals surface area contributed by atoms with Crippen LogP contribution in [0.25, 0.3) is 10.4 Å². The summed E-state index contributed by atoms with van der Waals surface area (Å²) in [7, 11) is 0. The summed E-state index contributed by atoms with van der Waals surface area (Å²) in [5.74, 6) is 0.182. The van der Waals surface area contributed by atoms with Gasteiger partial charge in [0, 0.05) is 16.7 Å². The fourth-order valence-corrected chi connectivity index (χ4v) is 3.79. The van der Waals surface area contributed by atoms with Crippen molar-refractivity contribution in [1.29, 1.82) is 0 Å². The summed E-state index contributed by atoms with van der Waals surface area (Å²) in [5, 5.41) is 2.09. The van der Waals surface area contributed by atoms with Crippen molar-refractivity contribution in [2.45, 2.75) is 33.2 Å². The van der Waals surface area contributed by atoms with Crippen LogP contribution in [0, 0.1) is 6.92 Å². The molecule has 1 amide bonds. The van der Waals surface area contributed by atoms with Gasteiger partial charge in [-0.1, -0.05) is 67.1 Å². The van der Waals surface area contributed by atoms with Gasteiger partial charge in [0.2, 0.25) is 5.91 Å². The predicted octanol–water partition coefficient (Wildman–Crippen LogP) is 6.06. The first-order chi connectivity index (χ1) is 12.2. The lowest BCUT2D eigenvalue weighted by molar-refractivity contribution is -0.118. The van der Waals surface area contributed by atoms with Crippen LogP contribution >= 0.6 is 11.3 Å². The van der Waals surface area contributed by atoms with Crippen molar-refractivity contribution in [3.05, 3.63) is 77.2 Å². The number of aryl methyl sites for hydroxylation is 1. The zero-order chi connectivity index (χ0) is 17.6. The standard InChI is InChI=1S/C22H23NOS/c1-3-8-22(24)23(15-18-10-7-9-17(2)13-18)20-14-21(25-16-20)19-11-5-4-6-12-19/h4-7,9-14,16H,3,8,15H2,1-2H3. The highest BCUT2D eigenvalue weighted by Crippen LogP contribution is 2.32. The maximum Gasteiger partial charge on any atom is 0.227 e. The third-order valence-corrected chi connectivity index (χ3v) is 5.11. The van der Waals surface area contributed by atoms with Crippen molar-refractivity contribution in [2.24, 2.45) is 0 Å². The van der Waals surface area contributed by atoms with Crippen molar-refractivity contribution >= 4 is 22.9 Å². The van der Waals surface area contributed by atoms with Crippen LogP contribution in [-0.2, 0) is 11.3 Å². The summed E-state index contributed by atoms with van der Waals surface area (Å²) in [6.07, 6.45) is 1.43. The van der Waals surface area contributed by atoms with Crippen molar-refractivity contribution in [3.63, 3.8) is 0 Å². The number of hydrogen-bond acceptors (Lipinski definition) is 2. The first kappa shape index (κ1) is 17.4. The third-order valence-electron chi connectivity index (χ3n) is 4.14. The molecule has 1 aromatic heterocycles. The van der Waals surface area contributed by atoms with Crippen LogP contribution in [0.15, 0.2) is 66.0 Å². The smallest absolute Gasteiger partial charge is 0.227 e. The molecule has 0 saturated carbocycles. The van der Waals surface area contributed by atoms with Crippen LogP contribution < -0.4 is 4.90 Å². The number of carbonyl (C=O) groups excluding carboxylic acids is 1. The van der Waals surface area contributed by atoms with E-state index >= 15 is 0 Å². The van der Waals surface area contributed by atoms with E-state index < -0.39 is 0 Å². The molecule has 0 aliphatic carbocycles. The van der Waals surface area contributed by atoms with E-state index in [1.54, 1.807) is 11.3 Å². The van der Waals surface area contributed by atoms with E-state index in [1.165, 1.54) is 16.0 Å². The van der Waals surface area contributed by atoms with Crippen LogP contribution in [0.4, 0.5) is 5.69 Å². The summed E-state index contributed by atoms with van der Waals surface area (Å²) in [4.78, 5) is 15.8. The maximum absolute atomic E-state index is 12.7. The second-order valence-corrected chi connectivity index (χ2v) is 7.17. The van der Waals surface area contributed by atoms with Gasteiger partial charge < -0.3 is 4.90 Å². The molecule has 0 saturated heterocycles. The summed E-state index contributed by atoms with van der Waals surface area (Å²) >= 11 is 1.69. The highest BCUT2D eigenvalue weighted by Gasteiger charge is 2.17. The van der Waals surface area contributed by atoms with Gasteiger partial charge in [0.05, 0.1) is 12.2 Å². The molecule has 0 bridgehead atoms. The van der Waals surface area contributed by atoms with E-state index in [1.807, 2.05) is 30.0 Å². The molecule has 0 fully saturated rings. The predicted molar refractivity (Wildman–Crippen MR) is 107 cm³/mol. The summed E-state index contributed by atoms with van der Waals surface area (Å²) in [5.41, 5.74) is 4.56. The van der Waals surface area contributed by atoms with Gasteiger partial charge in [0.15, 0.2) is 0 Å². The quantitative estimate of drug-likeness (QED) is 0.530. The van der Waals surface area contributed by atoms with Gasteiger partial charge in [0.25, 0.3) is 0 Å². The minimum absolute atomic E-state index is 0.182. The van der Waals surface area contributed by atoms with E-state index in [0.29, 0.717) is 13.0 Å². The number of carbonyl (C=O) groups is 1. The Labute approximate surface area is 153 Å². The average molecular weight is 349 g/mol. The Kier molecular flexibility index (Phi) is 5.67. The molecule has 2 aromatic carbocycles.